The Hall–Kier alpha value is -3.03. The zero-order valence-electron chi connectivity index (χ0n) is 19.3. The van der Waals surface area contributed by atoms with Crippen molar-refractivity contribution in [1.82, 2.24) is 9.80 Å². The molecule has 178 valence electrons. The first-order chi connectivity index (χ1) is 16.4. The van der Waals surface area contributed by atoms with Crippen molar-refractivity contribution in [2.75, 3.05) is 20.1 Å². The molecule has 1 amide bonds. The van der Waals surface area contributed by atoms with Gasteiger partial charge in [0.15, 0.2) is 11.5 Å². The number of carbonyl (C=O) groups excluding carboxylic acids is 1. The molecule has 2 unspecified atom stereocenters. The molecule has 2 N–H and O–H groups in total. The smallest absolute Gasteiger partial charge is 0.246 e. The molecule has 1 aromatic heterocycles. The highest BCUT2D eigenvalue weighted by Crippen LogP contribution is 2.65. The standard InChI is InChI=1S/C27H30N2O5/c1-3-12-29-13-11-26-23-18-5-6-20(30)24(23)34-25(26)19(8-10-27(26,32)21(29)15-18)28(2)22(31)7-4-17-9-14-33-16-17/h3-7,9,14,16,19,21,25,30,32H,1,8,10-13,15H2,2H3/b7-4+/t19?,21-,25?,26+,27-/m1/s1. The summed E-state index contributed by atoms with van der Waals surface area (Å²) in [6.45, 7) is 5.44. The Balaban J connectivity index is 1.41. The first-order valence-electron chi connectivity index (χ1n) is 12.0. The number of amides is 1. The average molecular weight is 463 g/mol. The Labute approximate surface area is 198 Å². The number of rotatable bonds is 5. The normalized spacial score (nSPS) is 33.4. The molecule has 3 heterocycles. The van der Waals surface area contributed by atoms with Gasteiger partial charge in [-0.15, -0.1) is 6.58 Å². The number of furan rings is 1. The van der Waals surface area contributed by atoms with Crippen LogP contribution in [0.25, 0.3) is 6.08 Å². The van der Waals surface area contributed by atoms with Crippen LogP contribution in [0.3, 0.4) is 0 Å². The maximum atomic E-state index is 13.1. The fraction of sp³-hybridized carbons (Fsp3) is 0.444. The molecule has 2 aliphatic carbocycles. The molecule has 2 bridgehead atoms. The van der Waals surface area contributed by atoms with Crippen LogP contribution in [0.15, 0.2) is 53.9 Å². The monoisotopic (exact) mass is 462 g/mol. The summed E-state index contributed by atoms with van der Waals surface area (Å²) in [5.74, 6) is 0.455. The molecule has 1 saturated heterocycles. The minimum Gasteiger partial charge on any atom is -0.504 e. The predicted molar refractivity (Wildman–Crippen MR) is 127 cm³/mol. The van der Waals surface area contributed by atoms with E-state index in [0.29, 0.717) is 31.4 Å². The van der Waals surface area contributed by atoms with Crippen molar-refractivity contribution in [3.63, 3.8) is 0 Å². The minimum atomic E-state index is -1.00. The van der Waals surface area contributed by atoms with Crippen molar-refractivity contribution in [2.45, 2.75) is 54.9 Å². The second-order valence-electron chi connectivity index (χ2n) is 10.1. The van der Waals surface area contributed by atoms with Crippen LogP contribution >= 0.6 is 0 Å². The lowest BCUT2D eigenvalue weighted by Crippen LogP contribution is -2.78. The molecule has 7 nitrogen and oxygen atoms in total. The number of nitrogens with zero attached hydrogens (tertiary/aromatic N) is 2. The van der Waals surface area contributed by atoms with Crippen molar-refractivity contribution in [3.8, 4) is 11.5 Å². The number of likely N-dealkylation sites (tertiary alicyclic amines) is 1. The van der Waals surface area contributed by atoms with Gasteiger partial charge in [0.05, 0.1) is 29.6 Å². The van der Waals surface area contributed by atoms with Crippen LogP contribution < -0.4 is 4.74 Å². The molecule has 1 spiro atoms. The van der Waals surface area contributed by atoms with E-state index < -0.39 is 17.1 Å². The summed E-state index contributed by atoms with van der Waals surface area (Å²) >= 11 is 0. The molecular weight excluding hydrogens is 432 g/mol. The number of likely N-dealkylation sites (N-methyl/N-ethyl adjacent to an activating group) is 1. The lowest BCUT2D eigenvalue weighted by atomic mass is 9.48. The Morgan fingerprint density at radius 3 is 2.97 bits per heavy atom. The first kappa shape index (κ1) is 21.5. The minimum absolute atomic E-state index is 0.0590. The SMILES string of the molecule is C=CCN1CC[C@]23c4c5ccc(O)c4OC2C(N(C)C(=O)/C=C/c2ccoc2)CC[C@@]3(O)[C@H]1C5. The van der Waals surface area contributed by atoms with Crippen molar-refractivity contribution < 1.29 is 24.2 Å². The molecule has 6 rings (SSSR count). The van der Waals surface area contributed by atoms with Crippen LogP contribution in [0, 0.1) is 0 Å². The van der Waals surface area contributed by atoms with Crippen LogP contribution in [0.1, 0.15) is 36.0 Å². The molecule has 7 heteroatoms. The fourth-order valence-corrected chi connectivity index (χ4v) is 7.20. The van der Waals surface area contributed by atoms with Gasteiger partial charge in [-0.25, -0.2) is 0 Å². The highest BCUT2D eigenvalue weighted by Gasteiger charge is 2.73. The third-order valence-corrected chi connectivity index (χ3v) is 8.71. The topological polar surface area (TPSA) is 86.4 Å². The third-order valence-electron chi connectivity index (χ3n) is 8.71. The lowest BCUT2D eigenvalue weighted by molar-refractivity contribution is -0.198. The summed E-state index contributed by atoms with van der Waals surface area (Å²) < 4.78 is 11.6. The highest BCUT2D eigenvalue weighted by atomic mass is 16.5. The molecule has 34 heavy (non-hydrogen) atoms. The van der Waals surface area contributed by atoms with Gasteiger partial charge < -0.3 is 24.3 Å². The Kier molecular flexibility index (Phi) is 4.73. The molecule has 0 radical (unpaired) electrons. The second-order valence-corrected chi connectivity index (χ2v) is 10.1. The summed E-state index contributed by atoms with van der Waals surface area (Å²) in [6, 6.07) is 5.17. The van der Waals surface area contributed by atoms with E-state index in [1.165, 1.54) is 0 Å². The maximum Gasteiger partial charge on any atom is 0.246 e. The Morgan fingerprint density at radius 1 is 1.35 bits per heavy atom. The van der Waals surface area contributed by atoms with E-state index in [1.54, 1.807) is 48.8 Å². The largest absolute Gasteiger partial charge is 0.504 e. The Morgan fingerprint density at radius 2 is 2.21 bits per heavy atom. The van der Waals surface area contributed by atoms with Crippen molar-refractivity contribution in [2.24, 2.45) is 0 Å². The van der Waals surface area contributed by atoms with Crippen molar-refractivity contribution in [1.29, 1.82) is 0 Å². The summed E-state index contributed by atoms with van der Waals surface area (Å²) in [4.78, 5) is 17.2. The predicted octanol–water partition coefficient (Wildman–Crippen LogP) is 2.87. The molecule has 2 aromatic rings. The van der Waals surface area contributed by atoms with Crippen LogP contribution in [0.5, 0.6) is 11.5 Å². The van der Waals surface area contributed by atoms with E-state index >= 15 is 0 Å². The van der Waals surface area contributed by atoms with Gasteiger partial charge >= 0.3 is 0 Å². The van der Waals surface area contributed by atoms with Gasteiger partial charge in [0.1, 0.15) is 6.10 Å². The van der Waals surface area contributed by atoms with Gasteiger partial charge in [-0.2, -0.15) is 0 Å². The van der Waals surface area contributed by atoms with Gasteiger partial charge in [-0.05, 0) is 56.0 Å². The number of piperidine rings is 1. The highest BCUT2D eigenvalue weighted by molar-refractivity contribution is 5.91. The summed E-state index contributed by atoms with van der Waals surface area (Å²) in [5, 5.41) is 23.1. The van der Waals surface area contributed by atoms with Gasteiger partial charge in [-0.1, -0.05) is 12.1 Å². The van der Waals surface area contributed by atoms with Gasteiger partial charge in [0.25, 0.3) is 0 Å². The molecule has 2 aliphatic heterocycles. The van der Waals surface area contributed by atoms with Crippen LogP contribution in [0.4, 0.5) is 0 Å². The molecule has 4 aliphatic rings. The lowest BCUT2D eigenvalue weighted by Gasteiger charge is -2.64. The molecule has 5 atom stereocenters. The van der Waals surface area contributed by atoms with Gasteiger partial charge in [0.2, 0.25) is 5.91 Å². The van der Waals surface area contributed by atoms with Crippen LogP contribution in [-0.2, 0) is 16.6 Å². The number of phenols is 1. The number of phenolic OH excluding ortho intramolecular Hbond substituents is 1. The number of carbonyl (C=O) groups is 1. The van der Waals surface area contributed by atoms with Crippen molar-refractivity contribution >= 4 is 12.0 Å². The number of ether oxygens (including phenoxy) is 1. The number of aromatic hydroxyl groups is 1. The summed E-state index contributed by atoms with van der Waals surface area (Å²) in [5.41, 5.74) is 1.23. The van der Waals surface area contributed by atoms with Crippen molar-refractivity contribution in [3.05, 3.63) is 66.1 Å². The molecular formula is C27H30N2O5. The van der Waals surface area contributed by atoms with E-state index in [1.807, 2.05) is 12.1 Å². The third kappa shape index (κ3) is 2.68. The summed E-state index contributed by atoms with van der Waals surface area (Å²) in [6.07, 6.45) is 10.5. The van der Waals surface area contributed by atoms with E-state index in [0.717, 1.165) is 29.8 Å². The van der Waals surface area contributed by atoms with Gasteiger partial charge in [-0.3, -0.25) is 9.69 Å². The quantitative estimate of drug-likeness (QED) is 0.525. The van der Waals surface area contributed by atoms with E-state index in [-0.39, 0.29) is 23.7 Å². The zero-order chi connectivity index (χ0) is 23.7. The number of hydrogen-bond acceptors (Lipinski definition) is 6. The molecule has 1 saturated carbocycles. The van der Waals surface area contributed by atoms with E-state index in [9.17, 15) is 15.0 Å². The number of benzene rings is 1. The number of aliphatic hydroxyl groups is 1. The molecule has 1 aromatic carbocycles. The molecule has 2 fully saturated rings. The van der Waals surface area contributed by atoms with Crippen LogP contribution in [0.2, 0.25) is 0 Å². The van der Waals surface area contributed by atoms with Gasteiger partial charge in [0, 0.05) is 36.8 Å². The first-order valence-corrected chi connectivity index (χ1v) is 12.0. The van der Waals surface area contributed by atoms with E-state index in [4.69, 9.17) is 9.15 Å². The Bertz CT molecular complexity index is 1170. The average Bonchev–Trinajstić information content (AvgIpc) is 3.46. The maximum absolute atomic E-state index is 13.1. The van der Waals surface area contributed by atoms with E-state index in [2.05, 4.69) is 11.5 Å². The summed E-state index contributed by atoms with van der Waals surface area (Å²) in [7, 11) is 1.80. The zero-order valence-corrected chi connectivity index (χ0v) is 19.3. The second kappa shape index (κ2) is 7.48. The fourth-order valence-electron chi connectivity index (χ4n) is 7.20. The number of hydrogen-bond donors (Lipinski definition) is 2. The van der Waals surface area contributed by atoms with Crippen LogP contribution in [-0.4, -0.2) is 69.8 Å².